The molecule has 2 atom stereocenters. The lowest BCUT2D eigenvalue weighted by Crippen LogP contribution is -2.36. The summed E-state index contributed by atoms with van der Waals surface area (Å²) in [4.78, 5) is 30.0. The number of thiazole rings is 1. The molecule has 1 aliphatic carbocycles. The fraction of sp³-hybridized carbons (Fsp3) is 0.381. The van der Waals surface area contributed by atoms with E-state index in [0.717, 1.165) is 27.3 Å². The van der Waals surface area contributed by atoms with Crippen molar-refractivity contribution in [1.82, 2.24) is 4.98 Å². The molecule has 27 heavy (non-hydrogen) atoms. The summed E-state index contributed by atoms with van der Waals surface area (Å²) in [5, 5.41) is 12.9. The molecular weight excluding hydrogens is 360 g/mol. The van der Waals surface area contributed by atoms with E-state index < -0.39 is 17.8 Å². The minimum atomic E-state index is -0.919. The Hall–Kier alpha value is -2.47. The molecule has 1 heterocycles. The fourth-order valence-corrected chi connectivity index (χ4v) is 4.29. The number of carbonyl (C=O) groups is 2. The summed E-state index contributed by atoms with van der Waals surface area (Å²) in [5.74, 6) is -2.44. The van der Waals surface area contributed by atoms with Crippen LogP contribution in [0.4, 0.5) is 5.13 Å². The first-order chi connectivity index (χ1) is 12.8. The Balaban J connectivity index is 1.81. The molecule has 2 aromatic rings. The largest absolute Gasteiger partial charge is 0.481 e. The van der Waals surface area contributed by atoms with Gasteiger partial charge in [-0.2, -0.15) is 0 Å². The number of anilines is 1. The van der Waals surface area contributed by atoms with E-state index in [-0.39, 0.29) is 5.91 Å². The lowest BCUT2D eigenvalue weighted by atomic mass is 9.76. The first kappa shape index (κ1) is 19.3. The Kier molecular flexibility index (Phi) is 5.46. The number of amides is 1. The van der Waals surface area contributed by atoms with Crippen molar-refractivity contribution in [3.63, 3.8) is 0 Å². The molecule has 0 bridgehead atoms. The monoisotopic (exact) mass is 384 g/mol. The maximum absolute atomic E-state index is 12.8. The number of allylic oxidation sites excluding steroid dienone is 2. The van der Waals surface area contributed by atoms with Gasteiger partial charge in [0, 0.05) is 10.4 Å². The predicted octanol–water partition coefficient (Wildman–Crippen LogP) is 4.81. The van der Waals surface area contributed by atoms with Gasteiger partial charge < -0.3 is 10.4 Å². The number of nitrogens with one attached hydrogen (secondary N) is 1. The number of nitrogens with zero attached hydrogens (tertiary/aromatic N) is 1. The van der Waals surface area contributed by atoms with Gasteiger partial charge in [-0.1, -0.05) is 41.0 Å². The van der Waals surface area contributed by atoms with Crippen LogP contribution in [0.5, 0.6) is 0 Å². The molecule has 1 amide bonds. The quantitative estimate of drug-likeness (QED) is 0.741. The van der Waals surface area contributed by atoms with Crippen LogP contribution in [0, 0.1) is 25.7 Å². The number of hydrogen-bond acceptors (Lipinski definition) is 4. The van der Waals surface area contributed by atoms with Gasteiger partial charge in [0.25, 0.3) is 0 Å². The van der Waals surface area contributed by atoms with Crippen molar-refractivity contribution >= 4 is 28.3 Å². The Morgan fingerprint density at radius 3 is 2.22 bits per heavy atom. The number of rotatable bonds is 4. The highest BCUT2D eigenvalue weighted by Crippen LogP contribution is 2.36. The highest BCUT2D eigenvalue weighted by Gasteiger charge is 2.37. The third-order valence-electron chi connectivity index (χ3n) is 5.27. The lowest BCUT2D eigenvalue weighted by molar-refractivity contribution is -0.146. The van der Waals surface area contributed by atoms with E-state index in [4.69, 9.17) is 0 Å². The van der Waals surface area contributed by atoms with Crippen LogP contribution in [0.15, 0.2) is 35.4 Å². The van der Waals surface area contributed by atoms with Crippen molar-refractivity contribution < 1.29 is 14.7 Å². The van der Waals surface area contributed by atoms with Crippen LogP contribution < -0.4 is 5.32 Å². The normalized spacial score (nSPS) is 19.9. The highest BCUT2D eigenvalue weighted by molar-refractivity contribution is 7.16. The summed E-state index contributed by atoms with van der Waals surface area (Å²) in [5.41, 5.74) is 5.20. The van der Waals surface area contributed by atoms with Crippen LogP contribution in [0.25, 0.3) is 11.3 Å². The van der Waals surface area contributed by atoms with Gasteiger partial charge in [0.2, 0.25) is 5.91 Å². The number of benzene rings is 1. The van der Waals surface area contributed by atoms with Crippen molar-refractivity contribution in [2.75, 3.05) is 5.32 Å². The Morgan fingerprint density at radius 2 is 1.63 bits per heavy atom. The topological polar surface area (TPSA) is 79.3 Å². The van der Waals surface area contributed by atoms with Crippen LogP contribution in [-0.4, -0.2) is 22.0 Å². The van der Waals surface area contributed by atoms with Crippen LogP contribution in [0.3, 0.4) is 0 Å². The zero-order valence-electron chi connectivity index (χ0n) is 16.0. The maximum atomic E-state index is 12.8. The molecule has 0 unspecified atom stereocenters. The molecule has 0 spiro atoms. The van der Waals surface area contributed by atoms with Crippen LogP contribution in [-0.2, 0) is 9.59 Å². The maximum Gasteiger partial charge on any atom is 0.307 e. The molecule has 0 saturated heterocycles. The lowest BCUT2D eigenvalue weighted by Gasteiger charge is -2.29. The number of hydrogen-bond donors (Lipinski definition) is 2. The molecule has 1 aromatic heterocycles. The second-order valence-corrected chi connectivity index (χ2v) is 8.50. The van der Waals surface area contributed by atoms with Gasteiger partial charge in [-0.25, -0.2) is 4.98 Å². The summed E-state index contributed by atoms with van der Waals surface area (Å²) < 4.78 is 0. The minimum Gasteiger partial charge on any atom is -0.481 e. The molecule has 0 radical (unpaired) electrons. The van der Waals surface area contributed by atoms with E-state index in [9.17, 15) is 14.7 Å². The van der Waals surface area contributed by atoms with Crippen molar-refractivity contribution in [2.24, 2.45) is 11.8 Å². The Labute approximate surface area is 163 Å². The minimum absolute atomic E-state index is 0.265. The van der Waals surface area contributed by atoms with Crippen molar-refractivity contribution in [3.8, 4) is 11.3 Å². The summed E-state index contributed by atoms with van der Waals surface area (Å²) >= 11 is 1.41. The molecule has 5 nitrogen and oxygen atoms in total. The number of carboxylic acid groups (broad SMARTS) is 1. The van der Waals surface area contributed by atoms with Gasteiger partial charge in [-0.3, -0.25) is 9.59 Å². The van der Waals surface area contributed by atoms with E-state index in [0.29, 0.717) is 18.0 Å². The third-order valence-corrected chi connectivity index (χ3v) is 6.16. The first-order valence-electron chi connectivity index (χ1n) is 8.99. The third kappa shape index (κ3) is 4.11. The van der Waals surface area contributed by atoms with E-state index >= 15 is 0 Å². The molecule has 1 aliphatic rings. The number of aryl methyl sites for hydroxylation is 2. The summed E-state index contributed by atoms with van der Waals surface area (Å²) in [7, 11) is 0. The van der Waals surface area contributed by atoms with Crippen molar-refractivity contribution in [2.45, 2.75) is 40.5 Å². The van der Waals surface area contributed by atoms with Crippen LogP contribution >= 0.6 is 11.3 Å². The van der Waals surface area contributed by atoms with Crippen molar-refractivity contribution in [3.05, 3.63) is 45.9 Å². The molecule has 0 saturated carbocycles. The van der Waals surface area contributed by atoms with Crippen LogP contribution in [0.1, 0.15) is 37.1 Å². The number of aromatic nitrogens is 1. The van der Waals surface area contributed by atoms with E-state index in [2.05, 4.69) is 10.3 Å². The number of carboxylic acids is 1. The molecule has 6 heteroatoms. The molecule has 142 valence electrons. The Bertz CT molecular complexity index is 912. The zero-order valence-corrected chi connectivity index (χ0v) is 16.8. The molecule has 0 fully saturated rings. The fourth-order valence-electron chi connectivity index (χ4n) is 3.45. The van der Waals surface area contributed by atoms with Gasteiger partial charge in [0.05, 0.1) is 17.5 Å². The summed E-state index contributed by atoms with van der Waals surface area (Å²) in [6.07, 6.45) is 0.897. The smallest absolute Gasteiger partial charge is 0.307 e. The standard InChI is InChI=1S/C21H24N2O3S/c1-11-5-7-15(8-6-11)18-14(4)27-21(22-18)23-19(24)16-9-12(2)13(3)10-17(16)20(25)26/h5-8,16-17H,9-10H2,1-4H3,(H,25,26)(H,22,23,24)/t16-,17+/m0/s1. The SMILES string of the molecule is CC1=C(C)C[C@@H](C(=O)O)[C@@H](C(=O)Nc2nc(-c3ccc(C)cc3)c(C)s2)C1. The van der Waals surface area contributed by atoms with Gasteiger partial charge in [0.15, 0.2) is 5.13 Å². The molecular formula is C21H24N2O3S. The van der Waals surface area contributed by atoms with Crippen LogP contribution in [0.2, 0.25) is 0 Å². The van der Waals surface area contributed by atoms with E-state index in [1.54, 1.807) is 0 Å². The predicted molar refractivity (Wildman–Crippen MR) is 108 cm³/mol. The van der Waals surface area contributed by atoms with E-state index in [1.165, 1.54) is 16.9 Å². The average Bonchev–Trinajstić information content (AvgIpc) is 2.97. The zero-order chi connectivity index (χ0) is 19.7. The molecule has 1 aromatic carbocycles. The number of aliphatic carboxylic acids is 1. The second kappa shape index (κ2) is 7.64. The molecule has 3 rings (SSSR count). The molecule has 0 aliphatic heterocycles. The Morgan fingerprint density at radius 1 is 1.04 bits per heavy atom. The van der Waals surface area contributed by atoms with Gasteiger partial charge in [-0.05, 0) is 40.5 Å². The van der Waals surface area contributed by atoms with Gasteiger partial charge in [0.1, 0.15) is 0 Å². The average molecular weight is 385 g/mol. The van der Waals surface area contributed by atoms with E-state index in [1.807, 2.05) is 52.0 Å². The van der Waals surface area contributed by atoms with Gasteiger partial charge >= 0.3 is 5.97 Å². The summed E-state index contributed by atoms with van der Waals surface area (Å²) in [6, 6.07) is 8.09. The van der Waals surface area contributed by atoms with Gasteiger partial charge in [-0.15, -0.1) is 11.3 Å². The summed E-state index contributed by atoms with van der Waals surface area (Å²) in [6.45, 7) is 7.91. The number of carbonyl (C=O) groups excluding carboxylic acids is 1. The highest BCUT2D eigenvalue weighted by atomic mass is 32.1. The molecule has 2 N–H and O–H groups in total. The first-order valence-corrected chi connectivity index (χ1v) is 9.81. The second-order valence-electron chi connectivity index (χ2n) is 7.30. The van der Waals surface area contributed by atoms with Crippen molar-refractivity contribution in [1.29, 1.82) is 0 Å².